The summed E-state index contributed by atoms with van der Waals surface area (Å²) >= 11 is 0. The van der Waals surface area contributed by atoms with Crippen molar-refractivity contribution in [3.8, 4) is 0 Å². The van der Waals surface area contributed by atoms with Gasteiger partial charge in [0.15, 0.2) is 0 Å². The third kappa shape index (κ3) is 3.19. The van der Waals surface area contributed by atoms with Crippen LogP contribution < -0.4 is 4.72 Å². The van der Waals surface area contributed by atoms with Gasteiger partial charge in [0.25, 0.3) is 0 Å². The predicted molar refractivity (Wildman–Crippen MR) is 71.5 cm³/mol. The number of aromatic amines is 1. The molecule has 1 aromatic heterocycles. The number of nitrogens with zero attached hydrogens (tertiary/aromatic N) is 1. The van der Waals surface area contributed by atoms with Gasteiger partial charge in [-0.3, -0.25) is 9.52 Å². The van der Waals surface area contributed by atoms with Gasteiger partial charge in [-0.15, -0.1) is 0 Å². The Morgan fingerprint density at radius 3 is 2.84 bits per heavy atom. The second-order valence-corrected chi connectivity index (χ2v) is 5.89. The van der Waals surface area contributed by atoms with Crippen molar-refractivity contribution in [1.82, 2.24) is 9.97 Å². The Bertz CT molecular complexity index is 678. The lowest BCUT2D eigenvalue weighted by Crippen LogP contribution is -2.15. The van der Waals surface area contributed by atoms with Crippen LogP contribution in [-0.4, -0.2) is 29.9 Å². The molecule has 2 rings (SSSR count). The second kappa shape index (κ2) is 5.23. The van der Waals surface area contributed by atoms with E-state index in [0.29, 0.717) is 16.9 Å². The third-order valence-electron chi connectivity index (χ3n) is 2.52. The van der Waals surface area contributed by atoms with Gasteiger partial charge in [-0.05, 0) is 19.1 Å². The molecule has 0 aliphatic carbocycles. The molecule has 7 heteroatoms. The molecule has 2 aromatic rings. The standard InChI is InChI=1S/C12H13N3O3S/c1-2-19(17,18)15-10-5-3-4-9(6-10)12(16)11-7-13-8-14-11/h3-8,15H,2H2,1H3,(H,13,14). The van der Waals surface area contributed by atoms with E-state index in [1.54, 1.807) is 25.1 Å². The maximum Gasteiger partial charge on any atom is 0.232 e. The van der Waals surface area contributed by atoms with Crippen molar-refractivity contribution in [3.05, 3.63) is 48.0 Å². The topological polar surface area (TPSA) is 91.9 Å². The number of aromatic nitrogens is 2. The van der Waals surface area contributed by atoms with Crippen molar-refractivity contribution in [1.29, 1.82) is 0 Å². The van der Waals surface area contributed by atoms with Gasteiger partial charge < -0.3 is 4.98 Å². The third-order valence-corrected chi connectivity index (χ3v) is 3.83. The fourth-order valence-corrected chi connectivity index (χ4v) is 2.14. The summed E-state index contributed by atoms with van der Waals surface area (Å²) in [6, 6.07) is 6.33. The van der Waals surface area contributed by atoms with Crippen LogP contribution in [0.1, 0.15) is 23.0 Å². The first-order valence-electron chi connectivity index (χ1n) is 5.65. The predicted octanol–water partition coefficient (Wildman–Crippen LogP) is 1.40. The van der Waals surface area contributed by atoms with Crippen LogP contribution in [0, 0.1) is 0 Å². The Labute approximate surface area is 110 Å². The van der Waals surface area contributed by atoms with E-state index in [1.165, 1.54) is 18.6 Å². The number of sulfonamides is 1. The quantitative estimate of drug-likeness (QED) is 0.809. The maximum absolute atomic E-state index is 12.0. The van der Waals surface area contributed by atoms with E-state index < -0.39 is 10.0 Å². The molecule has 0 radical (unpaired) electrons. The summed E-state index contributed by atoms with van der Waals surface area (Å²) in [4.78, 5) is 18.5. The van der Waals surface area contributed by atoms with Crippen molar-refractivity contribution in [3.63, 3.8) is 0 Å². The minimum absolute atomic E-state index is 0.0221. The summed E-state index contributed by atoms with van der Waals surface area (Å²) in [5.74, 6) is -0.263. The minimum Gasteiger partial charge on any atom is -0.342 e. The monoisotopic (exact) mass is 279 g/mol. The van der Waals surface area contributed by atoms with E-state index >= 15 is 0 Å². The Morgan fingerprint density at radius 1 is 1.42 bits per heavy atom. The van der Waals surface area contributed by atoms with E-state index in [0.717, 1.165) is 0 Å². The first-order chi connectivity index (χ1) is 9.02. The normalized spacial score (nSPS) is 11.2. The van der Waals surface area contributed by atoms with Crippen molar-refractivity contribution < 1.29 is 13.2 Å². The number of imidazole rings is 1. The summed E-state index contributed by atoms with van der Waals surface area (Å²) in [7, 11) is -3.35. The lowest BCUT2D eigenvalue weighted by molar-refractivity contribution is 0.103. The Hall–Kier alpha value is -2.15. The van der Waals surface area contributed by atoms with Gasteiger partial charge >= 0.3 is 0 Å². The maximum atomic E-state index is 12.0. The van der Waals surface area contributed by atoms with Gasteiger partial charge in [0.05, 0.1) is 18.3 Å². The van der Waals surface area contributed by atoms with Crippen LogP contribution in [0.4, 0.5) is 5.69 Å². The SMILES string of the molecule is CCS(=O)(=O)Nc1cccc(C(=O)c2cnc[nH]2)c1. The Balaban J connectivity index is 2.27. The highest BCUT2D eigenvalue weighted by molar-refractivity contribution is 7.92. The molecule has 100 valence electrons. The van der Waals surface area contributed by atoms with Crippen LogP contribution in [0.3, 0.4) is 0 Å². The fourth-order valence-electron chi connectivity index (χ4n) is 1.51. The number of hydrogen-bond acceptors (Lipinski definition) is 4. The van der Waals surface area contributed by atoms with Crippen LogP contribution in [0.25, 0.3) is 0 Å². The van der Waals surface area contributed by atoms with E-state index in [2.05, 4.69) is 14.7 Å². The molecular weight excluding hydrogens is 266 g/mol. The molecule has 6 nitrogen and oxygen atoms in total. The number of ketones is 1. The second-order valence-electron chi connectivity index (χ2n) is 3.88. The van der Waals surface area contributed by atoms with Crippen LogP contribution >= 0.6 is 0 Å². The first kappa shape index (κ1) is 13.3. The first-order valence-corrected chi connectivity index (χ1v) is 7.30. The van der Waals surface area contributed by atoms with Crippen molar-refractivity contribution in [2.45, 2.75) is 6.92 Å². The van der Waals surface area contributed by atoms with Gasteiger partial charge in [0.1, 0.15) is 5.69 Å². The zero-order valence-electron chi connectivity index (χ0n) is 10.3. The molecule has 1 heterocycles. The van der Waals surface area contributed by atoms with Crippen LogP contribution in [-0.2, 0) is 10.0 Å². The summed E-state index contributed by atoms with van der Waals surface area (Å²) in [6.07, 6.45) is 2.84. The smallest absolute Gasteiger partial charge is 0.232 e. The van der Waals surface area contributed by atoms with Crippen LogP contribution in [0.15, 0.2) is 36.8 Å². The Morgan fingerprint density at radius 2 is 2.21 bits per heavy atom. The average Bonchev–Trinajstić information content (AvgIpc) is 2.91. The van der Waals surface area contributed by atoms with Gasteiger partial charge in [0, 0.05) is 11.3 Å². The largest absolute Gasteiger partial charge is 0.342 e. The molecule has 0 saturated heterocycles. The number of H-pyrrole nitrogens is 1. The highest BCUT2D eigenvalue weighted by atomic mass is 32.2. The van der Waals surface area contributed by atoms with Crippen LogP contribution in [0.2, 0.25) is 0 Å². The van der Waals surface area contributed by atoms with E-state index in [1.807, 2.05) is 0 Å². The van der Waals surface area contributed by atoms with E-state index in [-0.39, 0.29) is 11.5 Å². The molecule has 0 bridgehead atoms. The number of benzene rings is 1. The lowest BCUT2D eigenvalue weighted by Gasteiger charge is -2.07. The van der Waals surface area contributed by atoms with Crippen molar-refractivity contribution in [2.75, 3.05) is 10.5 Å². The number of nitrogens with one attached hydrogen (secondary N) is 2. The highest BCUT2D eigenvalue weighted by Crippen LogP contribution is 2.15. The molecule has 0 amide bonds. The summed E-state index contributed by atoms with van der Waals surface area (Å²) in [5.41, 5.74) is 1.11. The molecule has 0 unspecified atom stereocenters. The van der Waals surface area contributed by atoms with Gasteiger partial charge in [-0.2, -0.15) is 0 Å². The minimum atomic E-state index is -3.35. The summed E-state index contributed by atoms with van der Waals surface area (Å²) < 4.78 is 25.3. The zero-order chi connectivity index (χ0) is 13.9. The van der Waals surface area contributed by atoms with Gasteiger partial charge in [-0.1, -0.05) is 12.1 Å². The molecule has 0 aliphatic rings. The molecule has 19 heavy (non-hydrogen) atoms. The highest BCUT2D eigenvalue weighted by Gasteiger charge is 2.12. The van der Waals surface area contributed by atoms with E-state index in [4.69, 9.17) is 0 Å². The van der Waals surface area contributed by atoms with Gasteiger partial charge in [0.2, 0.25) is 15.8 Å². The van der Waals surface area contributed by atoms with Crippen LogP contribution in [0.5, 0.6) is 0 Å². The fraction of sp³-hybridized carbons (Fsp3) is 0.167. The average molecular weight is 279 g/mol. The summed E-state index contributed by atoms with van der Waals surface area (Å²) in [6.45, 7) is 1.54. The lowest BCUT2D eigenvalue weighted by atomic mass is 10.1. The molecule has 0 spiro atoms. The molecule has 0 fully saturated rings. The van der Waals surface area contributed by atoms with Gasteiger partial charge in [-0.25, -0.2) is 13.4 Å². The molecular formula is C12H13N3O3S. The number of rotatable bonds is 5. The number of carbonyl (C=O) groups is 1. The molecule has 0 saturated carbocycles. The molecule has 0 atom stereocenters. The number of hydrogen-bond donors (Lipinski definition) is 2. The molecule has 1 aromatic carbocycles. The summed E-state index contributed by atoms with van der Waals surface area (Å²) in [5, 5.41) is 0. The number of anilines is 1. The van der Waals surface area contributed by atoms with E-state index in [9.17, 15) is 13.2 Å². The molecule has 0 aliphatic heterocycles. The Kier molecular flexibility index (Phi) is 3.66. The van der Waals surface area contributed by atoms with Crippen molar-refractivity contribution >= 4 is 21.5 Å². The zero-order valence-corrected chi connectivity index (χ0v) is 11.1. The number of carbonyl (C=O) groups excluding carboxylic acids is 1. The van der Waals surface area contributed by atoms with Crippen molar-refractivity contribution in [2.24, 2.45) is 0 Å². The molecule has 2 N–H and O–H groups in total.